The second-order valence-electron chi connectivity index (χ2n) is 5.37. The minimum atomic E-state index is -4.61. The maximum absolute atomic E-state index is 12.8. The molecule has 0 saturated carbocycles. The van der Waals surface area contributed by atoms with Crippen LogP contribution < -0.4 is 15.4 Å². The van der Waals surface area contributed by atoms with Crippen molar-refractivity contribution in [3.05, 3.63) is 54.1 Å². The average molecular weight is 400 g/mol. The van der Waals surface area contributed by atoms with Crippen molar-refractivity contribution < 1.29 is 36.6 Å². The zero-order valence-electron chi connectivity index (χ0n) is 14.5. The molecule has 0 spiro atoms. The van der Waals surface area contributed by atoms with E-state index in [4.69, 9.17) is 4.74 Å². The normalized spacial score (nSPS) is 11.1. The third kappa shape index (κ3) is 5.86. The maximum Gasteiger partial charge on any atom is 0.461 e. The third-order valence-electron chi connectivity index (χ3n) is 3.27. The van der Waals surface area contributed by atoms with Crippen LogP contribution in [0.1, 0.15) is 17.3 Å². The van der Waals surface area contributed by atoms with E-state index in [1.54, 1.807) is 6.92 Å². The van der Waals surface area contributed by atoms with Crippen LogP contribution >= 0.6 is 0 Å². The molecule has 2 aromatic carbocycles. The number of ether oxygens (including phenoxy) is 2. The van der Waals surface area contributed by atoms with Crippen molar-refractivity contribution in [3.8, 4) is 5.75 Å². The molecule has 0 unspecified atom stereocenters. The minimum absolute atomic E-state index is 0.216. The van der Waals surface area contributed by atoms with Crippen LogP contribution in [0.5, 0.6) is 5.75 Å². The zero-order chi connectivity index (χ0) is 20.7. The van der Waals surface area contributed by atoms with Crippen LogP contribution in [0.25, 0.3) is 0 Å². The fourth-order valence-electron chi connectivity index (χ4n) is 2.01. The summed E-state index contributed by atoms with van der Waals surface area (Å²) in [6.45, 7) is 1.92. The molecule has 28 heavy (non-hydrogen) atoms. The van der Waals surface area contributed by atoms with Crippen molar-refractivity contribution in [1.82, 2.24) is 0 Å². The molecule has 2 amide bonds. The second kappa shape index (κ2) is 9.07. The first-order valence-corrected chi connectivity index (χ1v) is 8.01. The van der Waals surface area contributed by atoms with Gasteiger partial charge in [0.1, 0.15) is 5.75 Å². The molecule has 6 nitrogen and oxygen atoms in total. The van der Waals surface area contributed by atoms with Gasteiger partial charge < -0.3 is 20.1 Å². The lowest BCUT2D eigenvalue weighted by molar-refractivity contribution is -0.253. The molecule has 0 atom stereocenters. The molecule has 0 saturated heterocycles. The molecule has 10 heteroatoms. The molecule has 0 aliphatic heterocycles. The summed E-state index contributed by atoms with van der Waals surface area (Å²) in [5.41, 5.74) is 0.930. The van der Waals surface area contributed by atoms with Crippen molar-refractivity contribution in [1.29, 1.82) is 0 Å². The molecule has 0 radical (unpaired) electrons. The highest BCUT2D eigenvalue weighted by Gasteiger charge is 2.43. The molecule has 0 bridgehead atoms. The predicted molar refractivity (Wildman–Crippen MR) is 93.1 cm³/mol. The summed E-state index contributed by atoms with van der Waals surface area (Å²) in [5, 5.41) is 4.93. The summed E-state index contributed by atoms with van der Waals surface area (Å²) in [7, 11) is 0. The first-order chi connectivity index (χ1) is 13.2. The van der Waals surface area contributed by atoms with Crippen molar-refractivity contribution in [2.75, 3.05) is 17.2 Å². The Labute approximate surface area is 157 Å². The number of alkyl halides is 4. The molecule has 2 rings (SSSR count). The van der Waals surface area contributed by atoms with Crippen molar-refractivity contribution in [2.24, 2.45) is 0 Å². The van der Waals surface area contributed by atoms with Crippen LogP contribution in [-0.4, -0.2) is 31.1 Å². The average Bonchev–Trinajstić information content (AvgIpc) is 2.63. The monoisotopic (exact) mass is 400 g/mol. The number of benzene rings is 2. The SMILES string of the molecule is CCOC(=O)c1ccc(NC(=O)Nc2ccc(OC(F)(F)C(F)F)cc2)cc1. The maximum atomic E-state index is 12.8. The van der Waals surface area contributed by atoms with Gasteiger partial charge in [-0.25, -0.2) is 9.59 Å². The van der Waals surface area contributed by atoms with E-state index in [-0.39, 0.29) is 12.3 Å². The Morgan fingerprint density at radius 3 is 1.93 bits per heavy atom. The van der Waals surface area contributed by atoms with E-state index < -0.39 is 30.3 Å². The van der Waals surface area contributed by atoms with Crippen LogP contribution in [-0.2, 0) is 4.74 Å². The summed E-state index contributed by atoms with van der Waals surface area (Å²) in [6, 6.07) is 9.74. The van der Waals surface area contributed by atoms with Crippen LogP contribution in [0.2, 0.25) is 0 Å². The summed E-state index contributed by atoms with van der Waals surface area (Å²) in [5.74, 6) is -0.968. The molecule has 0 aliphatic rings. The Balaban J connectivity index is 1.91. The number of halogens is 4. The van der Waals surface area contributed by atoms with E-state index >= 15 is 0 Å². The van der Waals surface area contributed by atoms with E-state index in [1.165, 1.54) is 36.4 Å². The number of carbonyl (C=O) groups is 2. The Bertz CT molecular complexity index is 811. The van der Waals surface area contributed by atoms with Gasteiger partial charge in [-0.05, 0) is 55.5 Å². The van der Waals surface area contributed by atoms with Gasteiger partial charge in [0.15, 0.2) is 0 Å². The van der Waals surface area contributed by atoms with E-state index in [1.807, 2.05) is 0 Å². The van der Waals surface area contributed by atoms with Gasteiger partial charge in [-0.3, -0.25) is 0 Å². The van der Waals surface area contributed by atoms with Gasteiger partial charge in [-0.15, -0.1) is 0 Å². The molecule has 0 aliphatic carbocycles. The van der Waals surface area contributed by atoms with Crippen molar-refractivity contribution in [3.63, 3.8) is 0 Å². The third-order valence-corrected chi connectivity index (χ3v) is 3.27. The molecule has 0 heterocycles. The first-order valence-electron chi connectivity index (χ1n) is 8.01. The van der Waals surface area contributed by atoms with Gasteiger partial charge >= 0.3 is 24.5 Å². The number of nitrogens with one attached hydrogen (secondary N) is 2. The van der Waals surface area contributed by atoms with E-state index in [0.717, 1.165) is 12.1 Å². The molecular formula is C18H16F4N2O4. The number of esters is 1. The largest absolute Gasteiger partial charge is 0.462 e. The molecule has 150 valence electrons. The summed E-state index contributed by atoms with van der Waals surface area (Å²) in [6.07, 6.45) is -8.58. The smallest absolute Gasteiger partial charge is 0.461 e. The van der Waals surface area contributed by atoms with Crippen molar-refractivity contribution in [2.45, 2.75) is 19.5 Å². The number of urea groups is 1. The second-order valence-corrected chi connectivity index (χ2v) is 5.37. The standard InChI is InChI=1S/C18H16F4N2O4/c1-2-27-15(25)11-3-5-12(6-4-11)23-17(26)24-13-7-9-14(10-8-13)28-18(21,22)16(19)20/h3-10,16H,2H2,1H3,(H2,23,24,26). The lowest BCUT2D eigenvalue weighted by atomic mass is 10.2. The minimum Gasteiger partial charge on any atom is -0.462 e. The Morgan fingerprint density at radius 1 is 0.964 bits per heavy atom. The number of anilines is 2. The van der Waals surface area contributed by atoms with Gasteiger partial charge in [0.25, 0.3) is 0 Å². The van der Waals surface area contributed by atoms with Crippen LogP contribution in [0.3, 0.4) is 0 Å². The summed E-state index contributed by atoms with van der Waals surface area (Å²) in [4.78, 5) is 23.5. The van der Waals surface area contributed by atoms with Gasteiger partial charge in [-0.1, -0.05) is 0 Å². The topological polar surface area (TPSA) is 76.7 Å². The molecule has 2 N–H and O–H groups in total. The van der Waals surface area contributed by atoms with E-state index in [2.05, 4.69) is 15.4 Å². The van der Waals surface area contributed by atoms with Gasteiger partial charge in [0, 0.05) is 11.4 Å². The quantitative estimate of drug-likeness (QED) is 0.520. The number of carbonyl (C=O) groups excluding carboxylic acids is 2. The summed E-state index contributed by atoms with van der Waals surface area (Å²) < 4.78 is 58.6. The number of hydrogen-bond acceptors (Lipinski definition) is 4. The van der Waals surface area contributed by atoms with E-state index in [9.17, 15) is 27.2 Å². The first kappa shape index (κ1) is 21.0. The molecule has 0 aromatic heterocycles. The van der Waals surface area contributed by atoms with Crippen LogP contribution in [0.15, 0.2) is 48.5 Å². The van der Waals surface area contributed by atoms with Gasteiger partial charge in [0.05, 0.1) is 12.2 Å². The number of rotatable bonds is 7. The lowest BCUT2D eigenvalue weighted by Crippen LogP contribution is -2.33. The lowest BCUT2D eigenvalue weighted by Gasteiger charge is -2.17. The van der Waals surface area contributed by atoms with E-state index in [0.29, 0.717) is 11.3 Å². The fourth-order valence-corrected chi connectivity index (χ4v) is 2.01. The zero-order valence-corrected chi connectivity index (χ0v) is 14.5. The van der Waals surface area contributed by atoms with Gasteiger partial charge in [-0.2, -0.15) is 17.6 Å². The van der Waals surface area contributed by atoms with Crippen molar-refractivity contribution >= 4 is 23.4 Å². The van der Waals surface area contributed by atoms with Gasteiger partial charge in [0.2, 0.25) is 0 Å². The highest BCUT2D eigenvalue weighted by atomic mass is 19.3. The Morgan fingerprint density at radius 2 is 1.46 bits per heavy atom. The Kier molecular flexibility index (Phi) is 6.80. The predicted octanol–water partition coefficient (Wildman–Crippen LogP) is 4.74. The highest BCUT2D eigenvalue weighted by Crippen LogP contribution is 2.28. The van der Waals surface area contributed by atoms with Crippen LogP contribution in [0, 0.1) is 0 Å². The number of amides is 2. The number of hydrogen-bond donors (Lipinski definition) is 2. The Hall–Kier alpha value is -3.30. The molecular weight excluding hydrogens is 384 g/mol. The highest BCUT2D eigenvalue weighted by molar-refractivity contribution is 6.00. The molecule has 2 aromatic rings. The summed E-state index contributed by atoms with van der Waals surface area (Å²) >= 11 is 0. The molecule has 0 fully saturated rings. The van der Waals surface area contributed by atoms with Crippen LogP contribution in [0.4, 0.5) is 33.7 Å². The fraction of sp³-hybridized carbons (Fsp3) is 0.222.